The Balaban J connectivity index is 1.45. The van der Waals surface area contributed by atoms with E-state index in [9.17, 15) is 0 Å². The summed E-state index contributed by atoms with van der Waals surface area (Å²) in [6.07, 6.45) is 0. The van der Waals surface area contributed by atoms with Crippen molar-refractivity contribution in [1.29, 1.82) is 0 Å². The van der Waals surface area contributed by atoms with E-state index in [1.165, 1.54) is 0 Å². The average Bonchev–Trinajstić information content (AvgIpc) is 3.35. The molecule has 0 spiro atoms. The van der Waals surface area contributed by atoms with E-state index in [0.29, 0.717) is 11.6 Å². The highest BCUT2D eigenvalue weighted by Crippen LogP contribution is 2.38. The normalized spacial score (nSPS) is 16.5. The molecule has 0 radical (unpaired) electrons. The molecule has 1 fully saturated rings. The zero-order chi connectivity index (χ0) is 22.1. The summed E-state index contributed by atoms with van der Waals surface area (Å²) in [6.45, 7) is 9.18. The molecule has 32 heavy (non-hydrogen) atoms. The number of benzene rings is 1. The van der Waals surface area contributed by atoms with Crippen molar-refractivity contribution in [3.63, 3.8) is 0 Å². The van der Waals surface area contributed by atoms with Crippen LogP contribution in [0.1, 0.15) is 23.9 Å². The lowest BCUT2D eigenvalue weighted by atomic mass is 10.0. The van der Waals surface area contributed by atoms with Gasteiger partial charge < -0.3 is 14.5 Å². The standard InChI is InChI=1S/C22H24BrClN6OS/c1-2-31-12-11-28-7-9-29(10-8-28)22-27-26-19-14-25-20(15-5-3-4-6-17(15)24)16-13-18(23)32-21(16)30(19)22/h3-6,13H,2,7-12,14H2,1H3/p+1. The zero-order valence-corrected chi connectivity index (χ0v) is 21.0. The monoisotopic (exact) mass is 535 g/mol. The molecule has 0 aliphatic carbocycles. The second-order valence-corrected chi connectivity index (χ2v) is 10.7. The zero-order valence-electron chi connectivity index (χ0n) is 17.9. The van der Waals surface area contributed by atoms with E-state index in [1.54, 1.807) is 16.2 Å². The number of rotatable bonds is 6. The Morgan fingerprint density at radius 1 is 1.19 bits per heavy atom. The molecule has 3 aromatic rings. The van der Waals surface area contributed by atoms with Crippen molar-refractivity contribution < 1.29 is 9.64 Å². The van der Waals surface area contributed by atoms with E-state index in [2.05, 4.69) is 41.7 Å². The number of aromatic nitrogens is 3. The minimum atomic E-state index is 0.464. The fraction of sp³-hybridized carbons (Fsp3) is 0.409. The van der Waals surface area contributed by atoms with Gasteiger partial charge in [0.15, 0.2) is 5.82 Å². The molecular weight excluding hydrogens is 512 g/mol. The molecule has 0 unspecified atom stereocenters. The third-order valence-corrected chi connectivity index (χ3v) is 7.87. The van der Waals surface area contributed by atoms with Crippen LogP contribution in [-0.2, 0) is 11.3 Å². The van der Waals surface area contributed by atoms with Crippen LogP contribution in [0.3, 0.4) is 0 Å². The van der Waals surface area contributed by atoms with Crippen LogP contribution in [0.15, 0.2) is 39.1 Å². The second-order valence-electron chi connectivity index (χ2n) is 7.85. The van der Waals surface area contributed by atoms with Crippen LogP contribution in [0.25, 0.3) is 5.00 Å². The van der Waals surface area contributed by atoms with Gasteiger partial charge in [0, 0.05) is 22.8 Å². The van der Waals surface area contributed by atoms with Crippen molar-refractivity contribution >= 4 is 50.5 Å². The van der Waals surface area contributed by atoms with Crippen LogP contribution in [0, 0.1) is 0 Å². The van der Waals surface area contributed by atoms with Gasteiger partial charge in [-0.05, 0) is 35.0 Å². The number of piperazine rings is 1. The van der Waals surface area contributed by atoms with Gasteiger partial charge >= 0.3 is 0 Å². The van der Waals surface area contributed by atoms with E-state index < -0.39 is 0 Å². The third-order valence-electron chi connectivity index (χ3n) is 5.92. The molecule has 1 saturated heterocycles. The molecule has 2 aliphatic rings. The molecule has 1 aromatic carbocycles. The van der Waals surface area contributed by atoms with Crippen LogP contribution < -0.4 is 9.80 Å². The number of halogens is 2. The molecule has 0 saturated carbocycles. The maximum atomic E-state index is 6.54. The Morgan fingerprint density at radius 3 is 2.78 bits per heavy atom. The van der Waals surface area contributed by atoms with E-state index in [4.69, 9.17) is 21.3 Å². The quantitative estimate of drug-likeness (QED) is 0.492. The van der Waals surface area contributed by atoms with Crippen molar-refractivity contribution in [1.82, 2.24) is 14.8 Å². The van der Waals surface area contributed by atoms with Gasteiger partial charge in [-0.15, -0.1) is 21.5 Å². The van der Waals surface area contributed by atoms with Crippen LogP contribution in [0.5, 0.6) is 0 Å². The molecular formula is C22H25BrClN6OS+. The average molecular weight is 537 g/mol. The first-order chi connectivity index (χ1) is 15.7. The van der Waals surface area contributed by atoms with Crippen LogP contribution >= 0.6 is 38.9 Å². The molecule has 7 nitrogen and oxygen atoms in total. The highest BCUT2D eigenvalue weighted by molar-refractivity contribution is 9.11. The van der Waals surface area contributed by atoms with E-state index in [-0.39, 0.29) is 0 Å². The van der Waals surface area contributed by atoms with Gasteiger partial charge in [-0.3, -0.25) is 9.56 Å². The van der Waals surface area contributed by atoms with E-state index in [0.717, 1.165) is 83.3 Å². The molecule has 0 amide bonds. The summed E-state index contributed by atoms with van der Waals surface area (Å²) in [6, 6.07) is 9.99. The maximum absolute atomic E-state index is 6.54. The first kappa shape index (κ1) is 22.0. The molecule has 0 atom stereocenters. The lowest BCUT2D eigenvalue weighted by Gasteiger charge is -2.32. The summed E-state index contributed by atoms with van der Waals surface area (Å²) in [5.74, 6) is 1.75. The van der Waals surface area contributed by atoms with Gasteiger partial charge in [0.1, 0.15) is 18.1 Å². The first-order valence-corrected chi connectivity index (χ1v) is 12.8. The summed E-state index contributed by atoms with van der Waals surface area (Å²) in [5, 5.41) is 10.9. The number of hydrogen-bond donors (Lipinski definition) is 1. The van der Waals surface area contributed by atoms with Crippen molar-refractivity contribution in [3.05, 3.63) is 56.1 Å². The highest BCUT2D eigenvalue weighted by atomic mass is 79.9. The molecule has 2 aliphatic heterocycles. The van der Waals surface area contributed by atoms with Gasteiger partial charge in [0.05, 0.1) is 42.3 Å². The maximum Gasteiger partial charge on any atom is 0.233 e. The minimum absolute atomic E-state index is 0.464. The topological polar surface area (TPSA) is 60.0 Å². The molecule has 5 rings (SSSR count). The minimum Gasteiger partial charge on any atom is -0.376 e. The summed E-state index contributed by atoms with van der Waals surface area (Å²) < 4.78 is 8.76. The fourth-order valence-electron chi connectivity index (χ4n) is 4.26. The number of hydrogen-bond acceptors (Lipinski definition) is 6. The lowest BCUT2D eigenvalue weighted by Crippen LogP contribution is -3.15. The number of nitrogens with one attached hydrogen (secondary N) is 1. The smallest absolute Gasteiger partial charge is 0.233 e. The van der Waals surface area contributed by atoms with E-state index in [1.807, 2.05) is 31.2 Å². The van der Waals surface area contributed by atoms with Crippen molar-refractivity contribution in [2.75, 3.05) is 50.8 Å². The predicted molar refractivity (Wildman–Crippen MR) is 132 cm³/mol. The van der Waals surface area contributed by atoms with Gasteiger partial charge in [-0.2, -0.15) is 0 Å². The number of thiophene rings is 1. The van der Waals surface area contributed by atoms with E-state index >= 15 is 0 Å². The molecule has 0 bridgehead atoms. The third kappa shape index (κ3) is 4.24. The van der Waals surface area contributed by atoms with Crippen LogP contribution in [0.4, 0.5) is 5.95 Å². The van der Waals surface area contributed by atoms with Crippen molar-refractivity contribution in [2.45, 2.75) is 13.5 Å². The Kier molecular flexibility index (Phi) is 6.61. The molecule has 1 N–H and O–H groups in total. The number of aliphatic imine (C=N–C) groups is 1. The Bertz CT molecular complexity index is 1140. The Morgan fingerprint density at radius 2 is 2.00 bits per heavy atom. The summed E-state index contributed by atoms with van der Waals surface area (Å²) >= 11 is 11.9. The Hall–Kier alpha value is -1.78. The van der Waals surface area contributed by atoms with Crippen LogP contribution in [0.2, 0.25) is 5.02 Å². The molecule has 10 heteroatoms. The van der Waals surface area contributed by atoms with Gasteiger partial charge in [0.2, 0.25) is 5.95 Å². The summed E-state index contributed by atoms with van der Waals surface area (Å²) in [7, 11) is 0. The number of fused-ring (bicyclic) bond motifs is 3. The largest absolute Gasteiger partial charge is 0.376 e. The van der Waals surface area contributed by atoms with Crippen molar-refractivity contribution in [3.8, 4) is 5.00 Å². The number of nitrogens with zero attached hydrogens (tertiary/aromatic N) is 5. The van der Waals surface area contributed by atoms with Crippen LogP contribution in [-0.4, -0.2) is 66.4 Å². The highest BCUT2D eigenvalue weighted by Gasteiger charge is 2.30. The van der Waals surface area contributed by atoms with Gasteiger partial charge in [0.25, 0.3) is 0 Å². The van der Waals surface area contributed by atoms with Gasteiger partial charge in [-0.1, -0.05) is 29.8 Å². The Labute approximate surface area is 204 Å². The summed E-state index contributed by atoms with van der Waals surface area (Å²) in [4.78, 5) is 8.84. The predicted octanol–water partition coefficient (Wildman–Crippen LogP) is 2.84. The summed E-state index contributed by atoms with van der Waals surface area (Å²) in [5.41, 5.74) is 2.89. The second kappa shape index (κ2) is 9.61. The molecule has 4 heterocycles. The number of ether oxygens (including phenoxy) is 1. The fourth-order valence-corrected chi connectivity index (χ4v) is 6.08. The van der Waals surface area contributed by atoms with Crippen molar-refractivity contribution in [2.24, 2.45) is 4.99 Å². The number of anilines is 1. The SMILES string of the molecule is CCOCC[NH+]1CCN(c2nnc3n2-c2sc(Br)cc2C(c2ccccc2Cl)=NC3)CC1. The lowest BCUT2D eigenvalue weighted by molar-refractivity contribution is -0.901. The van der Waals surface area contributed by atoms with Gasteiger partial charge in [-0.25, -0.2) is 0 Å². The molecule has 2 aromatic heterocycles. The molecule has 168 valence electrons. The number of quaternary nitrogens is 1. The first-order valence-electron chi connectivity index (χ1n) is 10.9.